The second kappa shape index (κ2) is 3.57. The van der Waals surface area contributed by atoms with Crippen molar-refractivity contribution in [3.8, 4) is 0 Å². The molecule has 0 bridgehead atoms. The SMILES string of the molecule is Cc1cccc(C(=N)N)c1N(C)C1CC1. The lowest BCUT2D eigenvalue weighted by molar-refractivity contribution is 0.909. The minimum Gasteiger partial charge on any atom is -0.384 e. The number of rotatable bonds is 3. The Labute approximate surface area is 90.4 Å². The number of nitrogens with one attached hydrogen (secondary N) is 1. The Bertz CT molecular complexity index is 394. The molecule has 1 aliphatic carbocycles. The molecule has 0 spiro atoms. The van der Waals surface area contributed by atoms with Gasteiger partial charge in [-0.3, -0.25) is 5.41 Å². The van der Waals surface area contributed by atoms with Gasteiger partial charge >= 0.3 is 0 Å². The molecule has 3 N–H and O–H groups in total. The number of nitrogens with zero attached hydrogens (tertiary/aromatic N) is 1. The normalized spacial score (nSPS) is 15.1. The van der Waals surface area contributed by atoms with Crippen LogP contribution in [0, 0.1) is 12.3 Å². The highest BCUT2D eigenvalue weighted by atomic mass is 15.2. The van der Waals surface area contributed by atoms with Crippen LogP contribution in [0.15, 0.2) is 18.2 Å². The van der Waals surface area contributed by atoms with Crippen molar-refractivity contribution in [1.82, 2.24) is 0 Å². The Hall–Kier alpha value is -1.51. The summed E-state index contributed by atoms with van der Waals surface area (Å²) in [6.45, 7) is 2.07. The predicted molar refractivity (Wildman–Crippen MR) is 63.6 cm³/mol. The molecule has 3 heteroatoms. The lowest BCUT2D eigenvalue weighted by Gasteiger charge is -2.23. The fourth-order valence-electron chi connectivity index (χ4n) is 1.99. The zero-order valence-corrected chi connectivity index (χ0v) is 9.25. The van der Waals surface area contributed by atoms with Crippen molar-refractivity contribution in [3.63, 3.8) is 0 Å². The highest BCUT2D eigenvalue weighted by Gasteiger charge is 2.28. The summed E-state index contributed by atoms with van der Waals surface area (Å²) in [5.74, 6) is 0.154. The maximum atomic E-state index is 7.58. The van der Waals surface area contributed by atoms with Gasteiger partial charge in [0, 0.05) is 18.7 Å². The molecule has 0 aromatic heterocycles. The summed E-state index contributed by atoms with van der Waals surface area (Å²) in [6, 6.07) is 6.59. The van der Waals surface area contributed by atoms with E-state index in [0.717, 1.165) is 11.3 Å². The first-order chi connectivity index (χ1) is 7.11. The average molecular weight is 203 g/mol. The molecule has 1 fully saturated rings. The van der Waals surface area contributed by atoms with Gasteiger partial charge in [0.2, 0.25) is 0 Å². The van der Waals surface area contributed by atoms with Gasteiger partial charge in [0.1, 0.15) is 5.84 Å². The topological polar surface area (TPSA) is 53.1 Å². The van der Waals surface area contributed by atoms with Gasteiger partial charge in [-0.25, -0.2) is 0 Å². The molecule has 3 nitrogen and oxygen atoms in total. The minimum absolute atomic E-state index is 0.154. The second-order valence-corrected chi connectivity index (χ2v) is 4.23. The third-order valence-electron chi connectivity index (χ3n) is 2.98. The quantitative estimate of drug-likeness (QED) is 0.582. The van der Waals surface area contributed by atoms with Crippen LogP contribution < -0.4 is 10.6 Å². The molecule has 0 unspecified atom stereocenters. The average Bonchev–Trinajstić information content (AvgIpc) is 2.99. The van der Waals surface area contributed by atoms with Gasteiger partial charge < -0.3 is 10.6 Å². The molecule has 0 amide bonds. The van der Waals surface area contributed by atoms with Crippen molar-refractivity contribution in [1.29, 1.82) is 5.41 Å². The molecule has 0 heterocycles. The van der Waals surface area contributed by atoms with Crippen LogP contribution >= 0.6 is 0 Å². The van der Waals surface area contributed by atoms with Crippen LogP contribution in [0.5, 0.6) is 0 Å². The number of anilines is 1. The Morgan fingerprint density at radius 3 is 2.67 bits per heavy atom. The van der Waals surface area contributed by atoms with Crippen molar-refractivity contribution in [2.45, 2.75) is 25.8 Å². The summed E-state index contributed by atoms with van der Waals surface area (Å²) in [5.41, 5.74) is 8.76. The van der Waals surface area contributed by atoms with Crippen LogP contribution in [-0.2, 0) is 0 Å². The molecule has 1 aromatic carbocycles. The number of hydrogen-bond acceptors (Lipinski definition) is 2. The van der Waals surface area contributed by atoms with Crippen molar-refractivity contribution >= 4 is 11.5 Å². The summed E-state index contributed by atoms with van der Waals surface area (Å²) in [7, 11) is 2.09. The van der Waals surface area contributed by atoms with Gasteiger partial charge in [-0.1, -0.05) is 12.1 Å². The van der Waals surface area contributed by atoms with Gasteiger partial charge in [0.15, 0.2) is 0 Å². The van der Waals surface area contributed by atoms with Gasteiger partial charge in [-0.15, -0.1) is 0 Å². The Morgan fingerprint density at radius 1 is 1.47 bits per heavy atom. The molecular formula is C12H17N3. The smallest absolute Gasteiger partial charge is 0.124 e. The first kappa shape index (κ1) is 10.0. The Balaban J connectivity index is 2.46. The van der Waals surface area contributed by atoms with E-state index >= 15 is 0 Å². The number of nitrogen functional groups attached to an aromatic ring is 1. The monoisotopic (exact) mass is 203 g/mol. The van der Waals surface area contributed by atoms with E-state index in [0.29, 0.717) is 6.04 Å². The van der Waals surface area contributed by atoms with E-state index in [-0.39, 0.29) is 5.84 Å². The first-order valence-electron chi connectivity index (χ1n) is 5.28. The van der Waals surface area contributed by atoms with E-state index in [4.69, 9.17) is 11.1 Å². The van der Waals surface area contributed by atoms with Crippen LogP contribution in [0.3, 0.4) is 0 Å². The maximum absolute atomic E-state index is 7.58. The number of para-hydroxylation sites is 1. The highest BCUT2D eigenvalue weighted by Crippen LogP contribution is 2.34. The summed E-state index contributed by atoms with van der Waals surface area (Å²) >= 11 is 0. The van der Waals surface area contributed by atoms with Crippen molar-refractivity contribution in [2.24, 2.45) is 5.73 Å². The third-order valence-corrected chi connectivity index (χ3v) is 2.98. The molecule has 1 aliphatic rings. The number of amidine groups is 1. The van der Waals surface area contributed by atoms with E-state index in [1.54, 1.807) is 0 Å². The molecule has 0 radical (unpaired) electrons. The maximum Gasteiger partial charge on any atom is 0.124 e. The van der Waals surface area contributed by atoms with E-state index in [9.17, 15) is 0 Å². The van der Waals surface area contributed by atoms with Crippen LogP contribution in [0.2, 0.25) is 0 Å². The molecule has 0 saturated heterocycles. The predicted octanol–water partition coefficient (Wildman–Crippen LogP) is 1.88. The van der Waals surface area contributed by atoms with E-state index in [2.05, 4.69) is 24.9 Å². The van der Waals surface area contributed by atoms with Crippen molar-refractivity contribution in [3.05, 3.63) is 29.3 Å². The van der Waals surface area contributed by atoms with Gasteiger partial charge in [0.05, 0.1) is 5.69 Å². The summed E-state index contributed by atoms with van der Waals surface area (Å²) in [4.78, 5) is 2.26. The van der Waals surface area contributed by atoms with E-state index in [1.165, 1.54) is 18.4 Å². The summed E-state index contributed by atoms with van der Waals surface area (Å²) < 4.78 is 0. The fraction of sp³-hybridized carbons (Fsp3) is 0.417. The first-order valence-corrected chi connectivity index (χ1v) is 5.28. The van der Waals surface area contributed by atoms with Crippen LogP contribution in [-0.4, -0.2) is 18.9 Å². The van der Waals surface area contributed by atoms with Crippen LogP contribution in [0.1, 0.15) is 24.0 Å². The standard InChI is InChI=1S/C12H17N3/c1-8-4-3-5-10(12(13)14)11(8)15(2)9-6-7-9/h3-5,9H,6-7H2,1-2H3,(H3,13,14). The molecule has 1 saturated carbocycles. The summed E-state index contributed by atoms with van der Waals surface area (Å²) in [6.07, 6.45) is 2.50. The number of benzene rings is 1. The van der Waals surface area contributed by atoms with Gasteiger partial charge in [-0.2, -0.15) is 0 Å². The van der Waals surface area contributed by atoms with E-state index in [1.807, 2.05) is 12.1 Å². The van der Waals surface area contributed by atoms with Gasteiger partial charge in [-0.05, 0) is 31.4 Å². The van der Waals surface area contributed by atoms with Crippen molar-refractivity contribution in [2.75, 3.05) is 11.9 Å². The van der Waals surface area contributed by atoms with Crippen molar-refractivity contribution < 1.29 is 0 Å². The molecule has 0 atom stereocenters. The zero-order valence-electron chi connectivity index (χ0n) is 9.25. The molecular weight excluding hydrogens is 186 g/mol. The van der Waals surface area contributed by atoms with Crippen LogP contribution in [0.4, 0.5) is 5.69 Å². The minimum atomic E-state index is 0.154. The van der Waals surface area contributed by atoms with Gasteiger partial charge in [0.25, 0.3) is 0 Å². The molecule has 15 heavy (non-hydrogen) atoms. The zero-order chi connectivity index (χ0) is 11.0. The van der Waals surface area contributed by atoms with E-state index < -0.39 is 0 Å². The summed E-state index contributed by atoms with van der Waals surface area (Å²) in [5, 5.41) is 7.58. The fourth-order valence-corrected chi connectivity index (χ4v) is 1.99. The third kappa shape index (κ3) is 1.82. The number of hydrogen-bond donors (Lipinski definition) is 2. The molecule has 80 valence electrons. The number of aryl methyl sites for hydroxylation is 1. The molecule has 2 rings (SSSR count). The second-order valence-electron chi connectivity index (χ2n) is 4.23. The molecule has 1 aromatic rings. The highest BCUT2D eigenvalue weighted by molar-refractivity contribution is 6.01. The molecule has 0 aliphatic heterocycles. The largest absolute Gasteiger partial charge is 0.384 e. The Morgan fingerprint density at radius 2 is 2.13 bits per heavy atom. The lowest BCUT2D eigenvalue weighted by atomic mass is 10.1. The lowest BCUT2D eigenvalue weighted by Crippen LogP contribution is -2.25. The Kier molecular flexibility index (Phi) is 2.39. The number of nitrogens with two attached hydrogens (primary N) is 1. The van der Waals surface area contributed by atoms with Crippen LogP contribution in [0.25, 0.3) is 0 Å².